The first kappa shape index (κ1) is 16.5. The van der Waals surface area contributed by atoms with Crippen LogP contribution in [0.15, 0.2) is 41.3 Å². The zero-order valence-electron chi connectivity index (χ0n) is 11.6. The second kappa shape index (κ2) is 6.27. The molecule has 0 saturated heterocycles. The van der Waals surface area contributed by atoms with Crippen LogP contribution in [-0.4, -0.2) is 14.3 Å². The van der Waals surface area contributed by atoms with Gasteiger partial charge in [0.25, 0.3) is 0 Å². The zero-order valence-corrected chi connectivity index (χ0v) is 13.8. The lowest BCUT2D eigenvalue weighted by Gasteiger charge is -2.09. The molecular weight excluding hydrogens is 381 g/mol. The maximum absolute atomic E-state index is 12.3. The predicted molar refractivity (Wildman–Crippen MR) is 89.7 cm³/mol. The Morgan fingerprint density at radius 1 is 1.12 bits per heavy atom. The third-order valence-electron chi connectivity index (χ3n) is 3.04. The molecule has 1 aromatic carbocycles. The summed E-state index contributed by atoms with van der Waals surface area (Å²) >= 11 is 17.7. The van der Waals surface area contributed by atoms with Gasteiger partial charge in [0.1, 0.15) is 11.4 Å². The fourth-order valence-corrected chi connectivity index (χ4v) is 2.55. The number of aromatic nitrogens is 2. The molecule has 0 fully saturated rings. The van der Waals surface area contributed by atoms with E-state index >= 15 is 0 Å². The number of fused-ring (bicyclic) bond motifs is 1. The van der Waals surface area contributed by atoms with Crippen LogP contribution >= 0.6 is 34.8 Å². The standard InChI is InChI=1S/C14H6Cl3N3O4/c15-7-5-9(17)10(6-8(7)16)24-13-12(20(22)23)14(21)19-4-2-1-3-11(19)18-13/h1-6H. The van der Waals surface area contributed by atoms with Gasteiger partial charge in [-0.1, -0.05) is 40.9 Å². The predicted octanol–water partition coefficient (Wildman–Crippen LogP) is 4.36. The van der Waals surface area contributed by atoms with Gasteiger partial charge in [-0.3, -0.25) is 19.3 Å². The van der Waals surface area contributed by atoms with Gasteiger partial charge in [0.15, 0.2) is 0 Å². The van der Waals surface area contributed by atoms with E-state index in [1.165, 1.54) is 24.4 Å². The van der Waals surface area contributed by atoms with Crippen molar-refractivity contribution in [1.82, 2.24) is 9.38 Å². The van der Waals surface area contributed by atoms with Crippen LogP contribution in [0.25, 0.3) is 5.65 Å². The second-order valence-corrected chi connectivity index (χ2v) is 5.78. The molecule has 3 aromatic rings. The van der Waals surface area contributed by atoms with Crippen molar-refractivity contribution in [2.75, 3.05) is 0 Å². The summed E-state index contributed by atoms with van der Waals surface area (Å²) in [6.07, 6.45) is 1.37. The summed E-state index contributed by atoms with van der Waals surface area (Å²) in [6, 6.07) is 7.29. The van der Waals surface area contributed by atoms with E-state index < -0.39 is 22.0 Å². The quantitative estimate of drug-likeness (QED) is 0.379. The number of nitrogens with zero attached hydrogens (tertiary/aromatic N) is 3. The second-order valence-electron chi connectivity index (χ2n) is 4.56. The molecule has 122 valence electrons. The first-order valence-corrected chi connectivity index (χ1v) is 7.50. The number of rotatable bonds is 3. The van der Waals surface area contributed by atoms with Crippen LogP contribution in [0.4, 0.5) is 5.69 Å². The van der Waals surface area contributed by atoms with Crippen LogP contribution < -0.4 is 10.3 Å². The molecule has 10 heteroatoms. The number of nitro groups is 1. The summed E-state index contributed by atoms with van der Waals surface area (Å²) in [5.74, 6) is -0.502. The Labute approximate surface area is 149 Å². The molecule has 0 N–H and O–H groups in total. The van der Waals surface area contributed by atoms with Gasteiger partial charge in [-0.25, -0.2) is 0 Å². The highest BCUT2D eigenvalue weighted by Crippen LogP contribution is 2.37. The summed E-state index contributed by atoms with van der Waals surface area (Å²) in [6.45, 7) is 0. The fourth-order valence-electron chi connectivity index (χ4n) is 1.97. The van der Waals surface area contributed by atoms with E-state index in [0.29, 0.717) is 0 Å². The molecule has 0 unspecified atom stereocenters. The third-order valence-corrected chi connectivity index (χ3v) is 4.06. The molecule has 0 aliphatic heterocycles. The summed E-state index contributed by atoms with van der Waals surface area (Å²) in [7, 11) is 0. The first-order chi connectivity index (χ1) is 11.4. The number of pyridine rings is 1. The Morgan fingerprint density at radius 2 is 1.83 bits per heavy atom. The van der Waals surface area contributed by atoms with Crippen LogP contribution in [0.1, 0.15) is 0 Å². The van der Waals surface area contributed by atoms with E-state index in [1.807, 2.05) is 0 Å². The SMILES string of the molecule is O=c1c([N+](=O)[O-])c(Oc2cc(Cl)c(Cl)cc2Cl)nc2ccccn12. The summed E-state index contributed by atoms with van der Waals surface area (Å²) in [4.78, 5) is 26.7. The molecule has 0 spiro atoms. The Hall–Kier alpha value is -2.35. The molecule has 0 atom stereocenters. The minimum Gasteiger partial charge on any atom is -0.432 e. The van der Waals surface area contributed by atoms with E-state index in [2.05, 4.69) is 4.98 Å². The Balaban J connectivity index is 2.22. The molecule has 0 bridgehead atoms. The monoisotopic (exact) mass is 385 g/mol. The molecule has 0 saturated carbocycles. The van der Waals surface area contributed by atoms with Gasteiger partial charge in [-0.05, 0) is 18.2 Å². The van der Waals surface area contributed by atoms with Crippen LogP contribution in [-0.2, 0) is 0 Å². The van der Waals surface area contributed by atoms with Crippen LogP contribution in [0.2, 0.25) is 15.1 Å². The minimum atomic E-state index is -0.878. The lowest BCUT2D eigenvalue weighted by molar-refractivity contribution is -0.387. The van der Waals surface area contributed by atoms with E-state index in [9.17, 15) is 14.9 Å². The van der Waals surface area contributed by atoms with Gasteiger partial charge >= 0.3 is 17.1 Å². The Bertz CT molecular complexity index is 1040. The van der Waals surface area contributed by atoms with Gasteiger partial charge in [0, 0.05) is 12.3 Å². The number of halogens is 3. The smallest absolute Gasteiger partial charge is 0.396 e. The summed E-state index contributed by atoms with van der Waals surface area (Å²) in [5, 5.41) is 11.7. The topological polar surface area (TPSA) is 86.7 Å². The fraction of sp³-hybridized carbons (Fsp3) is 0. The Morgan fingerprint density at radius 3 is 2.54 bits per heavy atom. The van der Waals surface area contributed by atoms with Crippen molar-refractivity contribution in [3.05, 3.63) is 72.1 Å². The zero-order chi connectivity index (χ0) is 17.4. The molecule has 0 aliphatic rings. The molecule has 7 nitrogen and oxygen atoms in total. The van der Waals surface area contributed by atoms with Crippen molar-refractivity contribution in [2.24, 2.45) is 0 Å². The highest BCUT2D eigenvalue weighted by Gasteiger charge is 2.26. The van der Waals surface area contributed by atoms with Crippen molar-refractivity contribution >= 4 is 46.1 Å². The van der Waals surface area contributed by atoms with Crippen molar-refractivity contribution in [2.45, 2.75) is 0 Å². The molecule has 0 amide bonds. The van der Waals surface area contributed by atoms with Gasteiger partial charge in [0.2, 0.25) is 0 Å². The maximum Gasteiger partial charge on any atom is 0.396 e. The van der Waals surface area contributed by atoms with Gasteiger partial charge < -0.3 is 4.74 Å². The molecule has 2 aromatic heterocycles. The molecule has 0 aliphatic carbocycles. The number of ether oxygens (including phenoxy) is 1. The average Bonchev–Trinajstić information content (AvgIpc) is 2.52. The summed E-state index contributed by atoms with van der Waals surface area (Å²) in [5.41, 5.74) is -1.52. The third kappa shape index (κ3) is 2.89. The van der Waals surface area contributed by atoms with Crippen molar-refractivity contribution < 1.29 is 9.66 Å². The number of hydrogen-bond donors (Lipinski definition) is 0. The first-order valence-electron chi connectivity index (χ1n) is 6.36. The number of benzene rings is 1. The van der Waals surface area contributed by atoms with Crippen LogP contribution in [0.5, 0.6) is 11.6 Å². The highest BCUT2D eigenvalue weighted by atomic mass is 35.5. The summed E-state index contributed by atoms with van der Waals surface area (Å²) < 4.78 is 6.43. The molecule has 0 radical (unpaired) electrons. The highest BCUT2D eigenvalue weighted by molar-refractivity contribution is 6.43. The van der Waals surface area contributed by atoms with E-state index in [4.69, 9.17) is 39.5 Å². The maximum atomic E-state index is 12.3. The lowest BCUT2D eigenvalue weighted by Crippen LogP contribution is -2.19. The number of hydrogen-bond acceptors (Lipinski definition) is 5. The lowest BCUT2D eigenvalue weighted by atomic mass is 10.3. The minimum absolute atomic E-state index is 0.0126. The van der Waals surface area contributed by atoms with Gasteiger partial charge in [-0.15, -0.1) is 0 Å². The van der Waals surface area contributed by atoms with Crippen molar-refractivity contribution in [1.29, 1.82) is 0 Å². The average molecular weight is 387 g/mol. The normalized spacial score (nSPS) is 10.8. The molecule has 24 heavy (non-hydrogen) atoms. The van der Waals surface area contributed by atoms with Crippen molar-refractivity contribution in [3.8, 4) is 11.6 Å². The van der Waals surface area contributed by atoms with E-state index in [1.54, 1.807) is 12.1 Å². The van der Waals surface area contributed by atoms with Gasteiger partial charge in [-0.2, -0.15) is 4.98 Å². The largest absolute Gasteiger partial charge is 0.432 e. The molecule has 3 rings (SSSR count). The van der Waals surface area contributed by atoms with Crippen molar-refractivity contribution in [3.63, 3.8) is 0 Å². The van der Waals surface area contributed by atoms with Gasteiger partial charge in [0.05, 0.1) is 20.0 Å². The van der Waals surface area contributed by atoms with E-state index in [-0.39, 0.29) is 26.5 Å². The van der Waals surface area contributed by atoms with Crippen LogP contribution in [0, 0.1) is 10.1 Å². The Kier molecular flexibility index (Phi) is 4.31. The molecule has 2 heterocycles. The molecular formula is C14H6Cl3N3O4. The van der Waals surface area contributed by atoms with Crippen LogP contribution in [0.3, 0.4) is 0 Å². The van der Waals surface area contributed by atoms with E-state index in [0.717, 1.165) is 4.40 Å².